The zero-order chi connectivity index (χ0) is 13.7. The molecule has 5 nitrogen and oxygen atoms in total. The first-order chi connectivity index (χ1) is 9.20. The van der Waals surface area contributed by atoms with Crippen LogP contribution in [0.3, 0.4) is 0 Å². The van der Waals surface area contributed by atoms with Crippen LogP contribution in [0.2, 0.25) is 0 Å². The maximum absolute atomic E-state index is 11.9. The van der Waals surface area contributed by atoms with E-state index in [9.17, 15) is 9.90 Å². The van der Waals surface area contributed by atoms with Gasteiger partial charge in [-0.05, 0) is 18.6 Å². The summed E-state index contributed by atoms with van der Waals surface area (Å²) in [5.74, 6) is -0.166. The quantitative estimate of drug-likeness (QED) is 0.734. The van der Waals surface area contributed by atoms with Crippen LogP contribution in [0.1, 0.15) is 16.9 Å². The number of ether oxygens (including phenoxy) is 1. The largest absolute Gasteiger partial charge is 0.391 e. The number of nitrogens with one attached hydrogen (secondary N) is 2. The average Bonchev–Trinajstić information content (AvgIpc) is 2.82. The fourth-order valence-electron chi connectivity index (χ4n) is 1.92. The fourth-order valence-corrected chi connectivity index (χ4v) is 1.92. The van der Waals surface area contributed by atoms with Crippen LogP contribution in [0.4, 0.5) is 0 Å². The molecule has 2 rings (SSSR count). The summed E-state index contributed by atoms with van der Waals surface area (Å²) in [6.07, 6.45) is -0.0761. The van der Waals surface area contributed by atoms with E-state index in [1.165, 1.54) is 7.11 Å². The molecule has 1 aromatic heterocycles. The SMILES string of the molecule is COCC(O)CCNC(=O)c1cc2ccccc2[nH]1. The Morgan fingerprint density at radius 3 is 3.00 bits per heavy atom. The van der Waals surface area contributed by atoms with Crippen LogP contribution >= 0.6 is 0 Å². The predicted octanol–water partition coefficient (Wildman–Crippen LogP) is 1.30. The van der Waals surface area contributed by atoms with Crippen molar-refractivity contribution in [1.29, 1.82) is 0 Å². The van der Waals surface area contributed by atoms with Crippen molar-refractivity contribution in [2.75, 3.05) is 20.3 Å². The second kappa shape index (κ2) is 6.36. The van der Waals surface area contributed by atoms with Crippen molar-refractivity contribution in [3.05, 3.63) is 36.0 Å². The molecule has 0 saturated heterocycles. The number of amides is 1. The van der Waals surface area contributed by atoms with Gasteiger partial charge in [-0.3, -0.25) is 4.79 Å². The van der Waals surface area contributed by atoms with Crippen LogP contribution in [0.5, 0.6) is 0 Å². The summed E-state index contributed by atoms with van der Waals surface area (Å²) in [5.41, 5.74) is 1.47. The van der Waals surface area contributed by atoms with Crippen molar-refractivity contribution in [3.8, 4) is 0 Å². The van der Waals surface area contributed by atoms with E-state index in [4.69, 9.17) is 4.74 Å². The molecule has 0 aliphatic carbocycles. The van der Waals surface area contributed by atoms with Crippen molar-refractivity contribution in [3.63, 3.8) is 0 Å². The van der Waals surface area contributed by atoms with Crippen LogP contribution in [0.15, 0.2) is 30.3 Å². The number of fused-ring (bicyclic) bond motifs is 1. The summed E-state index contributed by atoms with van der Waals surface area (Å²) in [4.78, 5) is 15.0. The van der Waals surface area contributed by atoms with Gasteiger partial charge in [0.15, 0.2) is 0 Å². The van der Waals surface area contributed by atoms with Gasteiger partial charge in [0.2, 0.25) is 0 Å². The first-order valence-electron chi connectivity index (χ1n) is 6.23. The summed E-state index contributed by atoms with van der Waals surface area (Å²) >= 11 is 0. The zero-order valence-corrected chi connectivity index (χ0v) is 10.8. The lowest BCUT2D eigenvalue weighted by Crippen LogP contribution is -2.28. The molecular formula is C14H18N2O3. The van der Waals surface area contributed by atoms with Crippen molar-refractivity contribution in [2.45, 2.75) is 12.5 Å². The highest BCUT2D eigenvalue weighted by atomic mass is 16.5. The number of rotatable bonds is 6. The number of carbonyl (C=O) groups is 1. The predicted molar refractivity (Wildman–Crippen MR) is 73.1 cm³/mol. The number of aromatic nitrogens is 1. The van der Waals surface area contributed by atoms with Crippen LogP contribution in [-0.2, 0) is 4.74 Å². The number of aliphatic hydroxyl groups excluding tert-OH is 1. The number of methoxy groups -OCH3 is 1. The minimum Gasteiger partial charge on any atom is -0.391 e. The van der Waals surface area contributed by atoms with Crippen LogP contribution in [-0.4, -0.2) is 42.4 Å². The molecule has 1 atom stereocenters. The van der Waals surface area contributed by atoms with Gasteiger partial charge in [0, 0.05) is 24.6 Å². The molecule has 19 heavy (non-hydrogen) atoms. The molecule has 1 unspecified atom stereocenters. The Labute approximate surface area is 111 Å². The van der Waals surface area contributed by atoms with Crippen molar-refractivity contribution in [2.24, 2.45) is 0 Å². The summed E-state index contributed by atoms with van der Waals surface area (Å²) < 4.78 is 4.82. The summed E-state index contributed by atoms with van der Waals surface area (Å²) in [7, 11) is 1.53. The second-order valence-corrected chi connectivity index (χ2v) is 4.42. The Hall–Kier alpha value is -1.85. The van der Waals surface area contributed by atoms with E-state index >= 15 is 0 Å². The molecule has 1 heterocycles. The van der Waals surface area contributed by atoms with E-state index in [0.717, 1.165) is 10.9 Å². The van der Waals surface area contributed by atoms with Gasteiger partial charge in [0.1, 0.15) is 5.69 Å². The Balaban J connectivity index is 1.89. The van der Waals surface area contributed by atoms with Crippen molar-refractivity contribution in [1.82, 2.24) is 10.3 Å². The maximum atomic E-state index is 11.9. The number of hydrogen-bond donors (Lipinski definition) is 3. The normalized spacial score (nSPS) is 12.5. The molecule has 5 heteroatoms. The molecule has 0 aliphatic heterocycles. The lowest BCUT2D eigenvalue weighted by Gasteiger charge is -2.09. The number of hydrogen-bond acceptors (Lipinski definition) is 3. The van der Waals surface area contributed by atoms with Crippen molar-refractivity contribution >= 4 is 16.8 Å². The molecule has 102 valence electrons. The fraction of sp³-hybridized carbons (Fsp3) is 0.357. The summed E-state index contributed by atoms with van der Waals surface area (Å²) in [6.45, 7) is 0.695. The van der Waals surface area contributed by atoms with Crippen LogP contribution in [0, 0.1) is 0 Å². The van der Waals surface area contributed by atoms with E-state index in [1.54, 1.807) is 0 Å². The molecule has 0 aliphatic rings. The highest BCUT2D eigenvalue weighted by molar-refractivity contribution is 5.97. The first-order valence-corrected chi connectivity index (χ1v) is 6.23. The van der Waals surface area contributed by atoms with E-state index in [1.807, 2.05) is 30.3 Å². The van der Waals surface area contributed by atoms with Crippen LogP contribution in [0.25, 0.3) is 10.9 Å². The van der Waals surface area contributed by atoms with E-state index in [2.05, 4.69) is 10.3 Å². The number of carbonyl (C=O) groups excluding carboxylic acids is 1. The van der Waals surface area contributed by atoms with Gasteiger partial charge in [-0.2, -0.15) is 0 Å². The molecule has 0 bridgehead atoms. The average molecular weight is 262 g/mol. The Morgan fingerprint density at radius 1 is 1.47 bits per heavy atom. The Kier molecular flexibility index (Phi) is 4.54. The number of H-pyrrole nitrogens is 1. The van der Waals surface area contributed by atoms with E-state index in [-0.39, 0.29) is 12.5 Å². The second-order valence-electron chi connectivity index (χ2n) is 4.42. The van der Waals surface area contributed by atoms with E-state index < -0.39 is 6.10 Å². The van der Waals surface area contributed by atoms with Gasteiger partial charge in [0.25, 0.3) is 5.91 Å². The van der Waals surface area contributed by atoms with Gasteiger partial charge in [-0.25, -0.2) is 0 Å². The first kappa shape index (κ1) is 13.6. The molecule has 2 aromatic rings. The number of aromatic amines is 1. The standard InChI is InChI=1S/C14H18N2O3/c1-19-9-11(17)6-7-15-14(18)13-8-10-4-2-3-5-12(10)16-13/h2-5,8,11,16-17H,6-7,9H2,1H3,(H,15,18). The van der Waals surface area contributed by atoms with Gasteiger partial charge < -0.3 is 20.1 Å². The smallest absolute Gasteiger partial charge is 0.267 e. The minimum absolute atomic E-state index is 0.166. The third-order valence-corrected chi connectivity index (χ3v) is 2.90. The maximum Gasteiger partial charge on any atom is 0.267 e. The molecule has 1 aromatic carbocycles. The van der Waals surface area contributed by atoms with Gasteiger partial charge in [-0.15, -0.1) is 0 Å². The summed E-state index contributed by atoms with van der Waals surface area (Å²) in [6, 6.07) is 9.54. The van der Waals surface area contributed by atoms with Gasteiger partial charge >= 0.3 is 0 Å². The van der Waals surface area contributed by atoms with Gasteiger partial charge in [0.05, 0.1) is 12.7 Å². The van der Waals surface area contributed by atoms with Gasteiger partial charge in [-0.1, -0.05) is 18.2 Å². The molecule has 0 saturated carbocycles. The third kappa shape index (κ3) is 3.56. The van der Waals surface area contributed by atoms with Crippen molar-refractivity contribution < 1.29 is 14.6 Å². The number of aliphatic hydroxyl groups is 1. The highest BCUT2D eigenvalue weighted by Crippen LogP contribution is 2.14. The molecular weight excluding hydrogens is 244 g/mol. The molecule has 3 N–H and O–H groups in total. The molecule has 0 fully saturated rings. The molecule has 0 radical (unpaired) electrons. The number of para-hydroxylation sites is 1. The monoisotopic (exact) mass is 262 g/mol. The molecule has 0 spiro atoms. The van der Waals surface area contributed by atoms with E-state index in [0.29, 0.717) is 18.7 Å². The topological polar surface area (TPSA) is 74.3 Å². The minimum atomic E-state index is -0.548. The lowest BCUT2D eigenvalue weighted by molar-refractivity contribution is 0.0587. The van der Waals surface area contributed by atoms with Crippen LogP contribution < -0.4 is 5.32 Å². The summed E-state index contributed by atoms with van der Waals surface area (Å²) in [5, 5.41) is 13.2. The zero-order valence-electron chi connectivity index (χ0n) is 10.8. The third-order valence-electron chi connectivity index (χ3n) is 2.90. The highest BCUT2D eigenvalue weighted by Gasteiger charge is 2.09. The lowest BCUT2D eigenvalue weighted by atomic mass is 10.2. The number of benzene rings is 1. The molecule has 1 amide bonds. The Bertz CT molecular complexity index is 517. The Morgan fingerprint density at radius 2 is 2.26 bits per heavy atom.